The maximum atomic E-state index is 9.80. The van der Waals surface area contributed by atoms with Crippen LogP contribution in [0.2, 0.25) is 0 Å². The van der Waals surface area contributed by atoms with E-state index in [0.29, 0.717) is 0 Å². The highest BCUT2D eigenvalue weighted by Gasteiger charge is 2.45. The summed E-state index contributed by atoms with van der Waals surface area (Å²) in [5.74, 6) is 0. The van der Waals surface area contributed by atoms with Crippen LogP contribution in [0.25, 0.3) is 11.1 Å². The normalized spacial score (nSPS) is 13.7. The lowest BCUT2D eigenvalue weighted by Crippen LogP contribution is -2.29. The molecule has 0 radical (unpaired) electrons. The number of hydrogen-bond donors (Lipinski definition) is 2. The summed E-state index contributed by atoms with van der Waals surface area (Å²) in [6, 6.07) is 33.5. The molecule has 29 heavy (non-hydrogen) atoms. The van der Waals surface area contributed by atoms with Gasteiger partial charge in [-0.3, -0.25) is 0 Å². The summed E-state index contributed by atoms with van der Waals surface area (Å²) in [5.41, 5.74) is 8.44. The van der Waals surface area contributed by atoms with Crippen molar-refractivity contribution in [2.75, 3.05) is 0 Å². The quantitative estimate of drug-likeness (QED) is 0.460. The molecule has 2 N–H and O–H groups in total. The highest BCUT2D eigenvalue weighted by atomic mass is 16.3. The van der Waals surface area contributed by atoms with E-state index in [1.165, 1.54) is 22.3 Å². The van der Waals surface area contributed by atoms with Gasteiger partial charge in [-0.1, -0.05) is 97.1 Å². The molecule has 0 saturated heterocycles. The molecule has 0 spiro atoms. The van der Waals surface area contributed by atoms with Crippen molar-refractivity contribution in [1.82, 2.24) is 0 Å². The Morgan fingerprint density at radius 3 is 1.41 bits per heavy atom. The Morgan fingerprint density at radius 2 is 0.966 bits per heavy atom. The van der Waals surface area contributed by atoms with Crippen molar-refractivity contribution in [1.29, 1.82) is 0 Å². The Hall–Kier alpha value is -3.20. The van der Waals surface area contributed by atoms with Gasteiger partial charge in [0.1, 0.15) is 0 Å². The Morgan fingerprint density at radius 1 is 0.517 bits per heavy atom. The molecule has 0 unspecified atom stereocenters. The molecular formula is C27H22O2. The van der Waals surface area contributed by atoms with Crippen molar-refractivity contribution >= 4 is 0 Å². The number of hydrogen-bond acceptors (Lipinski definition) is 2. The van der Waals surface area contributed by atoms with Crippen molar-refractivity contribution in [2.24, 2.45) is 0 Å². The van der Waals surface area contributed by atoms with Crippen LogP contribution >= 0.6 is 0 Å². The van der Waals surface area contributed by atoms with E-state index in [1.807, 2.05) is 24.3 Å². The zero-order valence-electron chi connectivity index (χ0n) is 16.0. The molecule has 0 amide bonds. The number of aliphatic hydroxyl groups is 2. The molecule has 0 atom stereocenters. The topological polar surface area (TPSA) is 40.5 Å². The number of rotatable bonds is 4. The van der Waals surface area contributed by atoms with Gasteiger partial charge in [0.2, 0.25) is 0 Å². The third kappa shape index (κ3) is 2.57. The molecule has 5 rings (SSSR count). The summed E-state index contributed by atoms with van der Waals surface area (Å²) in [6.45, 7) is 0.00772. The Kier molecular flexibility index (Phi) is 4.31. The van der Waals surface area contributed by atoms with Gasteiger partial charge in [-0.05, 0) is 44.5 Å². The lowest BCUT2D eigenvalue weighted by atomic mass is 9.67. The van der Waals surface area contributed by atoms with Crippen molar-refractivity contribution in [2.45, 2.75) is 18.6 Å². The molecule has 2 nitrogen and oxygen atoms in total. The van der Waals surface area contributed by atoms with Crippen LogP contribution < -0.4 is 0 Å². The first-order chi connectivity index (χ1) is 14.3. The maximum Gasteiger partial charge on any atom is 0.0713 e. The van der Waals surface area contributed by atoms with E-state index in [0.717, 1.165) is 22.3 Å². The van der Waals surface area contributed by atoms with Gasteiger partial charge in [0, 0.05) is 0 Å². The van der Waals surface area contributed by atoms with Crippen LogP contribution in [0.15, 0.2) is 97.1 Å². The summed E-state index contributed by atoms with van der Waals surface area (Å²) in [5, 5.41) is 19.6. The fourth-order valence-electron chi connectivity index (χ4n) is 4.83. The number of benzene rings is 4. The second-order valence-corrected chi connectivity index (χ2v) is 7.56. The average Bonchev–Trinajstić information content (AvgIpc) is 3.10. The smallest absolute Gasteiger partial charge is 0.0713 e. The molecule has 0 aromatic heterocycles. The SMILES string of the molecule is OCc1cccc(C2(c3cccc(CO)c3)c3ccccc3-c3ccccc32)c1. The molecule has 0 saturated carbocycles. The van der Waals surface area contributed by atoms with Gasteiger partial charge in [-0.25, -0.2) is 0 Å². The molecule has 2 heteroatoms. The van der Waals surface area contributed by atoms with Gasteiger partial charge in [0.25, 0.3) is 0 Å². The van der Waals surface area contributed by atoms with Gasteiger partial charge in [-0.2, -0.15) is 0 Å². The monoisotopic (exact) mass is 378 g/mol. The molecule has 0 aliphatic heterocycles. The molecule has 142 valence electrons. The number of aliphatic hydroxyl groups excluding tert-OH is 2. The van der Waals surface area contributed by atoms with Gasteiger partial charge in [-0.15, -0.1) is 0 Å². The Bertz CT molecular complexity index is 1100. The van der Waals surface area contributed by atoms with Crippen molar-refractivity contribution in [3.05, 3.63) is 130 Å². The molecule has 4 aromatic rings. The Labute approximate surface area is 170 Å². The molecule has 1 aliphatic carbocycles. The van der Waals surface area contributed by atoms with E-state index in [-0.39, 0.29) is 13.2 Å². The summed E-state index contributed by atoms with van der Waals surface area (Å²) >= 11 is 0. The summed E-state index contributed by atoms with van der Waals surface area (Å²) in [4.78, 5) is 0. The number of fused-ring (bicyclic) bond motifs is 3. The third-order valence-corrected chi connectivity index (χ3v) is 6.04. The van der Waals surface area contributed by atoms with E-state index >= 15 is 0 Å². The van der Waals surface area contributed by atoms with Gasteiger partial charge >= 0.3 is 0 Å². The maximum absolute atomic E-state index is 9.80. The van der Waals surface area contributed by atoms with E-state index < -0.39 is 5.41 Å². The first-order valence-corrected chi connectivity index (χ1v) is 9.89. The van der Waals surface area contributed by atoms with Crippen LogP contribution in [-0.4, -0.2) is 10.2 Å². The minimum atomic E-state index is -0.496. The van der Waals surface area contributed by atoms with Crippen molar-refractivity contribution in [3.8, 4) is 11.1 Å². The first-order valence-electron chi connectivity index (χ1n) is 9.89. The third-order valence-electron chi connectivity index (χ3n) is 6.04. The van der Waals surface area contributed by atoms with Crippen LogP contribution in [0, 0.1) is 0 Å². The minimum Gasteiger partial charge on any atom is -0.392 e. The van der Waals surface area contributed by atoms with Crippen molar-refractivity contribution < 1.29 is 10.2 Å². The molecule has 4 aromatic carbocycles. The lowest BCUT2D eigenvalue weighted by molar-refractivity contribution is 0.281. The highest BCUT2D eigenvalue weighted by Crippen LogP contribution is 2.56. The molecular weight excluding hydrogens is 356 g/mol. The van der Waals surface area contributed by atoms with Crippen LogP contribution in [0.5, 0.6) is 0 Å². The van der Waals surface area contributed by atoms with Gasteiger partial charge in [0.05, 0.1) is 18.6 Å². The summed E-state index contributed by atoms with van der Waals surface area (Å²) in [6.07, 6.45) is 0. The predicted octanol–water partition coefficient (Wildman–Crippen LogP) is 5.03. The second-order valence-electron chi connectivity index (χ2n) is 7.56. The van der Waals surface area contributed by atoms with E-state index in [4.69, 9.17) is 0 Å². The van der Waals surface area contributed by atoms with Gasteiger partial charge < -0.3 is 10.2 Å². The van der Waals surface area contributed by atoms with Crippen LogP contribution in [-0.2, 0) is 18.6 Å². The van der Waals surface area contributed by atoms with Gasteiger partial charge in [0.15, 0.2) is 0 Å². The average molecular weight is 378 g/mol. The van der Waals surface area contributed by atoms with Crippen LogP contribution in [0.4, 0.5) is 0 Å². The fraction of sp³-hybridized carbons (Fsp3) is 0.111. The fourth-order valence-corrected chi connectivity index (χ4v) is 4.83. The largest absolute Gasteiger partial charge is 0.392 e. The van der Waals surface area contributed by atoms with E-state index in [2.05, 4.69) is 72.8 Å². The molecule has 0 fully saturated rings. The van der Waals surface area contributed by atoms with E-state index in [9.17, 15) is 10.2 Å². The zero-order chi connectivity index (χ0) is 19.8. The minimum absolute atomic E-state index is 0.00386. The standard InChI is InChI=1S/C27H22O2/c28-17-19-7-5-9-21(15-19)27(22-10-6-8-20(16-22)18-29)25-13-3-1-11-23(25)24-12-2-4-14-26(24)27/h1-16,28-29H,17-18H2. The Balaban J connectivity index is 1.94. The molecule has 1 aliphatic rings. The first kappa shape index (κ1) is 17.9. The molecule has 0 bridgehead atoms. The predicted molar refractivity (Wildman–Crippen MR) is 116 cm³/mol. The van der Waals surface area contributed by atoms with E-state index in [1.54, 1.807) is 0 Å². The lowest BCUT2D eigenvalue weighted by Gasteiger charge is -2.34. The highest BCUT2D eigenvalue weighted by molar-refractivity contribution is 5.86. The van der Waals surface area contributed by atoms with Crippen LogP contribution in [0.1, 0.15) is 33.4 Å². The summed E-state index contributed by atoms with van der Waals surface area (Å²) in [7, 11) is 0. The second kappa shape index (κ2) is 7.00. The van der Waals surface area contributed by atoms with Crippen LogP contribution in [0.3, 0.4) is 0 Å². The molecule has 0 heterocycles. The zero-order valence-corrected chi connectivity index (χ0v) is 16.0. The summed E-state index contributed by atoms with van der Waals surface area (Å²) < 4.78 is 0. The van der Waals surface area contributed by atoms with Crippen molar-refractivity contribution in [3.63, 3.8) is 0 Å².